The van der Waals surface area contributed by atoms with E-state index in [4.69, 9.17) is 18.0 Å². The van der Waals surface area contributed by atoms with Crippen LogP contribution in [-0.4, -0.2) is 5.91 Å². The molecular formula is C17H14ClNO. The number of hydrogen-bond acceptors (Lipinski definition) is 1. The van der Waals surface area contributed by atoms with Gasteiger partial charge in [0.1, 0.15) is 0 Å². The van der Waals surface area contributed by atoms with Gasteiger partial charge in [0.15, 0.2) is 0 Å². The van der Waals surface area contributed by atoms with Crippen molar-refractivity contribution in [3.63, 3.8) is 0 Å². The fourth-order valence-corrected chi connectivity index (χ4v) is 2.07. The molecule has 2 rings (SSSR count). The van der Waals surface area contributed by atoms with Crippen LogP contribution in [-0.2, 0) is 11.2 Å². The second-order valence-corrected chi connectivity index (χ2v) is 4.84. The second-order valence-electron chi connectivity index (χ2n) is 4.40. The molecule has 2 aromatic carbocycles. The lowest BCUT2D eigenvalue weighted by Gasteiger charge is -2.06. The molecule has 20 heavy (non-hydrogen) atoms. The smallest absolute Gasteiger partial charge is 0.224 e. The van der Waals surface area contributed by atoms with E-state index in [1.807, 2.05) is 42.5 Å². The van der Waals surface area contributed by atoms with E-state index >= 15 is 0 Å². The molecule has 0 fully saturated rings. The van der Waals surface area contributed by atoms with Crippen molar-refractivity contribution in [2.45, 2.75) is 12.8 Å². The van der Waals surface area contributed by atoms with Gasteiger partial charge in [-0.25, -0.2) is 0 Å². The Morgan fingerprint density at radius 2 is 2.00 bits per heavy atom. The van der Waals surface area contributed by atoms with Gasteiger partial charge in [0, 0.05) is 22.7 Å². The van der Waals surface area contributed by atoms with E-state index in [-0.39, 0.29) is 5.91 Å². The third kappa shape index (κ3) is 4.15. The van der Waals surface area contributed by atoms with Gasteiger partial charge in [-0.2, -0.15) is 0 Å². The minimum absolute atomic E-state index is 0.0425. The predicted octanol–water partition coefficient (Wildman–Crippen LogP) is 3.89. The van der Waals surface area contributed by atoms with Crippen molar-refractivity contribution in [2.75, 3.05) is 5.32 Å². The third-order valence-electron chi connectivity index (χ3n) is 2.84. The molecule has 0 aliphatic heterocycles. The standard InChI is InChI=1S/C17H14ClNO/c1-2-13-5-4-8-16(12-13)19-17(20)10-9-14-6-3-7-15(18)11-14/h1,3-8,11-12H,9-10H2,(H,19,20). The summed E-state index contributed by atoms with van der Waals surface area (Å²) in [5.74, 6) is 2.50. The number of rotatable bonds is 4. The molecule has 0 spiro atoms. The van der Waals surface area contributed by atoms with Crippen LogP contribution in [0.4, 0.5) is 5.69 Å². The lowest BCUT2D eigenvalue weighted by atomic mass is 10.1. The SMILES string of the molecule is C#Cc1cccc(NC(=O)CCc2cccc(Cl)c2)c1. The molecule has 1 amide bonds. The van der Waals surface area contributed by atoms with E-state index in [9.17, 15) is 4.79 Å². The van der Waals surface area contributed by atoms with Crippen molar-refractivity contribution in [1.82, 2.24) is 0 Å². The Labute approximate surface area is 123 Å². The first kappa shape index (κ1) is 14.2. The fraction of sp³-hybridized carbons (Fsp3) is 0.118. The minimum Gasteiger partial charge on any atom is -0.326 e. The van der Waals surface area contributed by atoms with Crippen LogP contribution in [0.3, 0.4) is 0 Å². The monoisotopic (exact) mass is 283 g/mol. The summed E-state index contributed by atoms with van der Waals surface area (Å²) >= 11 is 5.90. The number of hydrogen-bond donors (Lipinski definition) is 1. The maximum absolute atomic E-state index is 11.9. The minimum atomic E-state index is -0.0425. The normalized spacial score (nSPS) is 9.80. The second kappa shape index (κ2) is 6.79. The molecular weight excluding hydrogens is 270 g/mol. The van der Waals surface area contributed by atoms with Gasteiger partial charge in [-0.1, -0.05) is 35.7 Å². The molecule has 0 aliphatic rings. The van der Waals surface area contributed by atoms with Gasteiger partial charge < -0.3 is 5.32 Å². The van der Waals surface area contributed by atoms with Crippen LogP contribution in [0, 0.1) is 12.3 Å². The molecule has 1 N–H and O–H groups in total. The first-order valence-electron chi connectivity index (χ1n) is 6.28. The summed E-state index contributed by atoms with van der Waals surface area (Å²) in [5, 5.41) is 3.52. The Bertz CT molecular complexity index is 658. The van der Waals surface area contributed by atoms with Crippen molar-refractivity contribution in [1.29, 1.82) is 0 Å². The van der Waals surface area contributed by atoms with Gasteiger partial charge >= 0.3 is 0 Å². The molecule has 2 nitrogen and oxygen atoms in total. The van der Waals surface area contributed by atoms with Crippen molar-refractivity contribution < 1.29 is 4.79 Å². The van der Waals surface area contributed by atoms with Crippen LogP contribution in [0.1, 0.15) is 17.5 Å². The number of carbonyl (C=O) groups is 1. The summed E-state index contributed by atoms with van der Waals surface area (Å²) in [6, 6.07) is 14.8. The summed E-state index contributed by atoms with van der Waals surface area (Å²) in [6.45, 7) is 0. The topological polar surface area (TPSA) is 29.1 Å². The maximum atomic E-state index is 11.9. The average molecular weight is 284 g/mol. The number of anilines is 1. The van der Waals surface area contributed by atoms with Crippen molar-refractivity contribution >= 4 is 23.2 Å². The predicted molar refractivity (Wildman–Crippen MR) is 82.8 cm³/mol. The number of nitrogens with one attached hydrogen (secondary N) is 1. The molecule has 0 aliphatic carbocycles. The number of aryl methyl sites for hydroxylation is 1. The van der Waals surface area contributed by atoms with Gasteiger partial charge in [0.05, 0.1) is 0 Å². The summed E-state index contributed by atoms with van der Waals surface area (Å²) < 4.78 is 0. The van der Waals surface area contributed by atoms with Gasteiger partial charge in [-0.15, -0.1) is 6.42 Å². The molecule has 0 radical (unpaired) electrons. The number of carbonyl (C=O) groups excluding carboxylic acids is 1. The van der Waals surface area contributed by atoms with E-state index < -0.39 is 0 Å². The summed E-state index contributed by atoms with van der Waals surface area (Å²) in [6.07, 6.45) is 6.38. The van der Waals surface area contributed by atoms with Crippen LogP contribution in [0.5, 0.6) is 0 Å². The van der Waals surface area contributed by atoms with Crippen LogP contribution in [0.25, 0.3) is 0 Å². The van der Waals surface area contributed by atoms with Crippen LogP contribution in [0.2, 0.25) is 5.02 Å². The zero-order chi connectivity index (χ0) is 14.4. The number of terminal acetylenes is 1. The molecule has 0 saturated heterocycles. The van der Waals surface area contributed by atoms with E-state index in [0.717, 1.165) is 16.8 Å². The van der Waals surface area contributed by atoms with Crippen molar-refractivity contribution in [2.24, 2.45) is 0 Å². The third-order valence-corrected chi connectivity index (χ3v) is 3.08. The lowest BCUT2D eigenvalue weighted by Crippen LogP contribution is -2.12. The van der Waals surface area contributed by atoms with Gasteiger partial charge in [-0.3, -0.25) is 4.79 Å². The summed E-state index contributed by atoms with van der Waals surface area (Å²) in [5.41, 5.74) is 2.51. The van der Waals surface area contributed by atoms with E-state index in [1.165, 1.54) is 0 Å². The molecule has 0 unspecified atom stereocenters. The Morgan fingerprint density at radius 1 is 1.20 bits per heavy atom. The molecule has 0 heterocycles. The lowest BCUT2D eigenvalue weighted by molar-refractivity contribution is -0.116. The van der Waals surface area contributed by atoms with Crippen molar-refractivity contribution in [3.05, 3.63) is 64.7 Å². The quantitative estimate of drug-likeness (QED) is 0.848. The summed E-state index contributed by atoms with van der Waals surface area (Å²) in [7, 11) is 0. The molecule has 0 bridgehead atoms. The molecule has 3 heteroatoms. The maximum Gasteiger partial charge on any atom is 0.224 e. The highest BCUT2D eigenvalue weighted by Gasteiger charge is 2.04. The highest BCUT2D eigenvalue weighted by atomic mass is 35.5. The molecule has 0 saturated carbocycles. The molecule has 0 atom stereocenters. The Kier molecular flexibility index (Phi) is 4.81. The first-order valence-corrected chi connectivity index (χ1v) is 6.66. The highest BCUT2D eigenvalue weighted by Crippen LogP contribution is 2.13. The Balaban J connectivity index is 1.91. The van der Waals surface area contributed by atoms with Gasteiger partial charge in [0.2, 0.25) is 5.91 Å². The van der Waals surface area contributed by atoms with E-state index in [1.54, 1.807) is 6.07 Å². The Hall–Kier alpha value is -2.24. The van der Waals surface area contributed by atoms with E-state index in [0.29, 0.717) is 17.9 Å². The molecule has 0 aromatic heterocycles. The molecule has 2 aromatic rings. The van der Waals surface area contributed by atoms with Crippen LogP contribution < -0.4 is 5.32 Å². The Morgan fingerprint density at radius 3 is 2.75 bits per heavy atom. The number of benzene rings is 2. The van der Waals surface area contributed by atoms with Crippen LogP contribution in [0.15, 0.2) is 48.5 Å². The summed E-state index contributed by atoms with van der Waals surface area (Å²) in [4.78, 5) is 11.9. The average Bonchev–Trinajstić information content (AvgIpc) is 2.45. The highest BCUT2D eigenvalue weighted by molar-refractivity contribution is 6.30. The zero-order valence-electron chi connectivity index (χ0n) is 10.9. The van der Waals surface area contributed by atoms with E-state index in [2.05, 4.69) is 11.2 Å². The first-order chi connectivity index (χ1) is 9.67. The zero-order valence-corrected chi connectivity index (χ0v) is 11.7. The van der Waals surface area contributed by atoms with Crippen molar-refractivity contribution in [3.8, 4) is 12.3 Å². The van der Waals surface area contributed by atoms with Gasteiger partial charge in [-0.05, 0) is 42.3 Å². The number of amides is 1. The largest absolute Gasteiger partial charge is 0.326 e. The van der Waals surface area contributed by atoms with Crippen LogP contribution >= 0.6 is 11.6 Å². The fourth-order valence-electron chi connectivity index (χ4n) is 1.86. The molecule has 100 valence electrons. The van der Waals surface area contributed by atoms with Gasteiger partial charge in [0.25, 0.3) is 0 Å². The number of halogens is 1.